The first-order chi connectivity index (χ1) is 14.3. The minimum Gasteiger partial charge on any atom is -0.395 e. The van der Waals surface area contributed by atoms with E-state index in [1.54, 1.807) is 0 Å². The Hall–Kier alpha value is -1.56. The van der Waals surface area contributed by atoms with Gasteiger partial charge in [0.05, 0.1) is 34.4 Å². The van der Waals surface area contributed by atoms with E-state index >= 15 is 0 Å². The number of halogens is 3. The van der Waals surface area contributed by atoms with E-state index < -0.39 is 22.2 Å². The average molecular weight is 461 g/mol. The molecule has 1 aromatic heterocycles. The maximum atomic E-state index is 14.5. The van der Waals surface area contributed by atoms with Gasteiger partial charge in [-0.05, 0) is 25.0 Å². The number of rotatable bonds is 5. The summed E-state index contributed by atoms with van der Waals surface area (Å²) in [5, 5.41) is 11.9. The first-order valence-electron chi connectivity index (χ1n) is 9.65. The Bertz CT molecular complexity index is 958. The van der Waals surface area contributed by atoms with Crippen molar-refractivity contribution in [1.29, 1.82) is 0 Å². The summed E-state index contributed by atoms with van der Waals surface area (Å²) in [6.45, 7) is 1.91. The molecule has 11 heteroatoms. The normalized spacial score (nSPS) is 19.7. The van der Waals surface area contributed by atoms with E-state index in [4.69, 9.17) is 16.7 Å². The van der Waals surface area contributed by atoms with Crippen LogP contribution in [0.15, 0.2) is 12.1 Å². The summed E-state index contributed by atoms with van der Waals surface area (Å²) in [5.41, 5.74) is 0.976. The molecule has 0 aliphatic carbocycles. The van der Waals surface area contributed by atoms with Crippen LogP contribution in [0, 0.1) is 11.6 Å². The van der Waals surface area contributed by atoms with Gasteiger partial charge in [-0.3, -0.25) is 9.11 Å². The first kappa shape index (κ1) is 21.7. The fourth-order valence-corrected chi connectivity index (χ4v) is 5.61. The number of anilines is 1. The van der Waals surface area contributed by atoms with Crippen molar-refractivity contribution in [2.75, 3.05) is 31.1 Å². The maximum absolute atomic E-state index is 14.5. The highest BCUT2D eigenvalue weighted by atomic mass is 35.5. The van der Waals surface area contributed by atoms with Gasteiger partial charge in [-0.1, -0.05) is 11.6 Å². The van der Waals surface area contributed by atoms with E-state index in [1.165, 1.54) is 0 Å². The summed E-state index contributed by atoms with van der Waals surface area (Å²) in [6, 6.07) is 2.11. The summed E-state index contributed by atoms with van der Waals surface area (Å²) in [5.74, 6) is -0.977. The van der Waals surface area contributed by atoms with E-state index in [0.29, 0.717) is 36.7 Å². The van der Waals surface area contributed by atoms with Gasteiger partial charge in [-0.2, -0.15) is 10.6 Å². The van der Waals surface area contributed by atoms with Crippen LogP contribution in [0.3, 0.4) is 0 Å². The van der Waals surface area contributed by atoms with Crippen LogP contribution in [0.25, 0.3) is 11.4 Å². The van der Waals surface area contributed by atoms with Crippen LogP contribution < -0.4 is 10.2 Å². The Labute approximate surface area is 179 Å². The SMILES string of the molecule is OCCNC1CCN(c2nc(-c3cc(F)c(Cl)cc3F)nc3c2CS(O)(O)C3)CC1. The number of hydrogen-bond donors (Lipinski definition) is 4. The number of aromatic nitrogens is 2. The van der Waals surface area contributed by atoms with Crippen molar-refractivity contribution in [3.8, 4) is 11.4 Å². The minimum atomic E-state index is -2.87. The van der Waals surface area contributed by atoms with Gasteiger partial charge in [-0.15, -0.1) is 0 Å². The number of nitrogens with one attached hydrogen (secondary N) is 1. The first-order valence-corrected chi connectivity index (χ1v) is 11.9. The maximum Gasteiger partial charge on any atom is 0.164 e. The van der Waals surface area contributed by atoms with Crippen LogP contribution >= 0.6 is 22.2 Å². The van der Waals surface area contributed by atoms with Crippen molar-refractivity contribution in [3.63, 3.8) is 0 Å². The number of fused-ring (bicyclic) bond motifs is 1. The highest BCUT2D eigenvalue weighted by molar-refractivity contribution is 8.23. The summed E-state index contributed by atoms with van der Waals surface area (Å²) < 4.78 is 49.0. The van der Waals surface area contributed by atoms with Crippen LogP contribution in [-0.4, -0.2) is 56.5 Å². The molecular weight excluding hydrogens is 438 g/mol. The quantitative estimate of drug-likeness (QED) is 0.507. The van der Waals surface area contributed by atoms with Gasteiger partial charge in [0.2, 0.25) is 0 Å². The van der Waals surface area contributed by atoms with Crippen molar-refractivity contribution in [1.82, 2.24) is 15.3 Å². The zero-order valence-corrected chi connectivity index (χ0v) is 17.7. The van der Waals surface area contributed by atoms with E-state index in [2.05, 4.69) is 15.3 Å². The summed E-state index contributed by atoms with van der Waals surface area (Å²) >= 11 is 5.66. The molecule has 0 saturated carbocycles. The molecule has 164 valence electrons. The third kappa shape index (κ3) is 4.39. The second kappa shape index (κ2) is 8.52. The molecule has 1 aromatic carbocycles. The lowest BCUT2D eigenvalue weighted by molar-refractivity contribution is 0.277. The van der Waals surface area contributed by atoms with Crippen LogP contribution in [-0.2, 0) is 11.5 Å². The van der Waals surface area contributed by atoms with Crippen molar-refractivity contribution in [3.05, 3.63) is 40.0 Å². The summed E-state index contributed by atoms with van der Waals surface area (Å²) in [6.07, 6.45) is 1.63. The second-order valence-corrected chi connectivity index (χ2v) is 10.2. The number of hydrogen-bond acceptors (Lipinski definition) is 7. The topological polar surface area (TPSA) is 102 Å². The second-order valence-electron chi connectivity index (χ2n) is 7.57. The smallest absolute Gasteiger partial charge is 0.164 e. The predicted molar refractivity (Wildman–Crippen MR) is 113 cm³/mol. The fraction of sp³-hybridized carbons (Fsp3) is 0.474. The molecule has 0 atom stereocenters. The van der Waals surface area contributed by atoms with Gasteiger partial charge in [-0.25, -0.2) is 18.7 Å². The lowest BCUT2D eigenvalue weighted by Crippen LogP contribution is -2.44. The van der Waals surface area contributed by atoms with Gasteiger partial charge >= 0.3 is 0 Å². The lowest BCUT2D eigenvalue weighted by Gasteiger charge is -2.34. The van der Waals surface area contributed by atoms with Gasteiger partial charge in [0.1, 0.15) is 17.5 Å². The van der Waals surface area contributed by atoms with Crippen molar-refractivity contribution in [2.45, 2.75) is 30.4 Å². The highest BCUT2D eigenvalue weighted by Crippen LogP contribution is 2.54. The van der Waals surface area contributed by atoms with E-state index in [-0.39, 0.29) is 40.6 Å². The third-order valence-corrected chi connectivity index (χ3v) is 7.18. The van der Waals surface area contributed by atoms with Crippen molar-refractivity contribution >= 4 is 28.0 Å². The zero-order valence-electron chi connectivity index (χ0n) is 16.1. The zero-order chi connectivity index (χ0) is 21.5. The van der Waals surface area contributed by atoms with Gasteiger partial charge < -0.3 is 15.3 Å². The molecule has 4 rings (SSSR count). The lowest BCUT2D eigenvalue weighted by atomic mass is 10.0. The Balaban J connectivity index is 1.70. The largest absolute Gasteiger partial charge is 0.395 e. The predicted octanol–water partition coefficient (Wildman–Crippen LogP) is 3.39. The number of piperidine rings is 1. The molecule has 2 aromatic rings. The number of nitrogens with zero attached hydrogens (tertiary/aromatic N) is 3. The molecule has 30 heavy (non-hydrogen) atoms. The van der Waals surface area contributed by atoms with Gasteiger partial charge in [0.25, 0.3) is 0 Å². The Morgan fingerprint density at radius 3 is 2.57 bits per heavy atom. The molecule has 2 aliphatic rings. The Morgan fingerprint density at radius 2 is 1.87 bits per heavy atom. The molecule has 2 aliphatic heterocycles. The number of benzene rings is 1. The summed E-state index contributed by atoms with van der Waals surface area (Å²) in [7, 11) is -2.87. The fourth-order valence-electron chi connectivity index (χ4n) is 3.93. The van der Waals surface area contributed by atoms with E-state index in [1.807, 2.05) is 4.90 Å². The number of aliphatic hydroxyl groups is 1. The van der Waals surface area contributed by atoms with Crippen LogP contribution in [0.2, 0.25) is 5.02 Å². The van der Waals surface area contributed by atoms with Crippen LogP contribution in [0.1, 0.15) is 24.1 Å². The van der Waals surface area contributed by atoms with Crippen LogP contribution in [0.5, 0.6) is 0 Å². The number of aliphatic hydroxyl groups excluding tert-OH is 1. The molecule has 4 N–H and O–H groups in total. The molecule has 0 bridgehead atoms. The van der Waals surface area contributed by atoms with Crippen molar-refractivity contribution in [2.24, 2.45) is 0 Å². The highest BCUT2D eigenvalue weighted by Gasteiger charge is 2.34. The van der Waals surface area contributed by atoms with Gasteiger partial charge in [0.15, 0.2) is 5.82 Å². The Morgan fingerprint density at radius 1 is 1.13 bits per heavy atom. The monoisotopic (exact) mass is 460 g/mol. The standard InChI is InChI=1S/C19H23ClF2N4O3S/c20-14-8-15(21)12(7-16(14)22)18-24-17-10-30(28,29)9-13(17)19(25-18)26-4-1-11(2-5-26)23-3-6-27/h7-8,11,23,27-29H,1-6,9-10H2. The van der Waals surface area contributed by atoms with E-state index in [9.17, 15) is 17.9 Å². The molecule has 0 amide bonds. The molecule has 7 nitrogen and oxygen atoms in total. The van der Waals surface area contributed by atoms with Crippen LogP contribution in [0.4, 0.5) is 14.6 Å². The van der Waals surface area contributed by atoms with Gasteiger partial charge in [0, 0.05) is 31.2 Å². The van der Waals surface area contributed by atoms with Crippen molar-refractivity contribution < 1.29 is 23.0 Å². The third-order valence-electron chi connectivity index (χ3n) is 5.40. The molecule has 1 fully saturated rings. The molecule has 0 spiro atoms. The molecule has 3 heterocycles. The van der Waals surface area contributed by atoms with E-state index in [0.717, 1.165) is 25.0 Å². The molecule has 1 saturated heterocycles. The summed E-state index contributed by atoms with van der Waals surface area (Å²) in [4.78, 5) is 10.9. The molecule has 0 radical (unpaired) electrons. The molecule has 0 unspecified atom stereocenters. The Kier molecular flexibility index (Phi) is 6.16. The minimum absolute atomic E-state index is 0.00514. The average Bonchev–Trinajstić information content (AvgIpc) is 3.02. The molecular formula is C19H23ClF2N4O3S.